The number of rotatable bonds is 3. The van der Waals surface area contributed by atoms with Crippen LogP contribution in [0.15, 0.2) is 41.1 Å². The van der Waals surface area contributed by atoms with Crippen LogP contribution < -0.4 is 10.1 Å². The summed E-state index contributed by atoms with van der Waals surface area (Å²) >= 11 is 3.33. The average Bonchev–Trinajstić information content (AvgIpc) is 2.41. The van der Waals surface area contributed by atoms with Crippen LogP contribution in [-0.2, 0) is 0 Å². The lowest BCUT2D eigenvalue weighted by molar-refractivity contribution is 0.102. The molecule has 2 rings (SSSR count). The number of ether oxygens (including phenoxy) is 1. The fourth-order valence-corrected chi connectivity index (χ4v) is 1.57. The number of amides is 1. The SMILES string of the molecule is COc1cc(C(=O)Nc2ccc(Br)cc2)ncn1. The molecule has 6 heteroatoms. The Morgan fingerprint density at radius 3 is 2.67 bits per heavy atom. The fraction of sp³-hybridized carbons (Fsp3) is 0.0833. The van der Waals surface area contributed by atoms with E-state index in [1.807, 2.05) is 12.1 Å². The first-order valence-electron chi connectivity index (χ1n) is 5.12. The number of nitrogens with zero attached hydrogens (tertiary/aromatic N) is 2. The van der Waals surface area contributed by atoms with Crippen LogP contribution in [0.3, 0.4) is 0 Å². The third-order valence-corrected chi connectivity index (χ3v) is 2.71. The van der Waals surface area contributed by atoms with Crippen molar-refractivity contribution in [1.29, 1.82) is 0 Å². The van der Waals surface area contributed by atoms with E-state index < -0.39 is 0 Å². The number of methoxy groups -OCH3 is 1. The lowest BCUT2D eigenvalue weighted by Gasteiger charge is -2.05. The van der Waals surface area contributed by atoms with Crippen LogP contribution in [0.5, 0.6) is 5.88 Å². The summed E-state index contributed by atoms with van der Waals surface area (Å²) in [4.78, 5) is 19.6. The number of anilines is 1. The highest BCUT2D eigenvalue weighted by Gasteiger charge is 2.09. The van der Waals surface area contributed by atoms with Gasteiger partial charge >= 0.3 is 0 Å². The third kappa shape index (κ3) is 3.04. The highest BCUT2D eigenvalue weighted by Crippen LogP contribution is 2.15. The van der Waals surface area contributed by atoms with E-state index in [2.05, 4.69) is 31.2 Å². The molecule has 92 valence electrons. The van der Waals surface area contributed by atoms with Gasteiger partial charge in [0.25, 0.3) is 5.91 Å². The first-order valence-corrected chi connectivity index (χ1v) is 5.91. The lowest BCUT2D eigenvalue weighted by atomic mass is 10.3. The molecule has 1 heterocycles. The molecule has 0 atom stereocenters. The van der Waals surface area contributed by atoms with Crippen molar-refractivity contribution in [2.24, 2.45) is 0 Å². The van der Waals surface area contributed by atoms with Gasteiger partial charge in [-0.25, -0.2) is 9.97 Å². The van der Waals surface area contributed by atoms with Crippen molar-refractivity contribution >= 4 is 27.5 Å². The summed E-state index contributed by atoms with van der Waals surface area (Å²) in [6, 6.07) is 8.75. The molecule has 1 aromatic carbocycles. The van der Waals surface area contributed by atoms with Gasteiger partial charge in [-0.1, -0.05) is 15.9 Å². The highest BCUT2D eigenvalue weighted by atomic mass is 79.9. The molecule has 0 saturated heterocycles. The van der Waals surface area contributed by atoms with E-state index in [4.69, 9.17) is 4.74 Å². The molecule has 1 aromatic heterocycles. The Labute approximate surface area is 112 Å². The van der Waals surface area contributed by atoms with Crippen molar-refractivity contribution in [1.82, 2.24) is 9.97 Å². The van der Waals surface area contributed by atoms with Crippen LogP contribution in [0.2, 0.25) is 0 Å². The maximum atomic E-state index is 11.9. The van der Waals surface area contributed by atoms with Gasteiger partial charge in [-0.2, -0.15) is 0 Å². The Balaban J connectivity index is 2.14. The van der Waals surface area contributed by atoms with Gasteiger partial charge in [-0.05, 0) is 24.3 Å². The largest absolute Gasteiger partial charge is 0.481 e. The Bertz CT molecular complexity index is 558. The van der Waals surface area contributed by atoms with E-state index in [1.165, 1.54) is 19.5 Å². The maximum Gasteiger partial charge on any atom is 0.274 e. The molecule has 5 nitrogen and oxygen atoms in total. The van der Waals surface area contributed by atoms with E-state index >= 15 is 0 Å². The maximum absolute atomic E-state index is 11.9. The molecule has 0 aliphatic rings. The Hall–Kier alpha value is -1.95. The number of aromatic nitrogens is 2. The first kappa shape index (κ1) is 12.5. The van der Waals surface area contributed by atoms with Crippen LogP contribution in [0.1, 0.15) is 10.5 Å². The zero-order valence-corrected chi connectivity index (χ0v) is 11.1. The molecule has 0 bridgehead atoms. The summed E-state index contributed by atoms with van der Waals surface area (Å²) in [7, 11) is 1.48. The molecule has 0 unspecified atom stereocenters. The Morgan fingerprint density at radius 1 is 1.28 bits per heavy atom. The third-order valence-electron chi connectivity index (χ3n) is 2.19. The van der Waals surface area contributed by atoms with Crippen molar-refractivity contribution in [3.63, 3.8) is 0 Å². The number of carbonyl (C=O) groups is 1. The monoisotopic (exact) mass is 307 g/mol. The molecule has 0 fully saturated rings. The van der Waals surface area contributed by atoms with E-state index in [-0.39, 0.29) is 11.6 Å². The van der Waals surface area contributed by atoms with Crippen molar-refractivity contribution in [2.75, 3.05) is 12.4 Å². The topological polar surface area (TPSA) is 64.1 Å². The number of halogens is 1. The second-order valence-electron chi connectivity index (χ2n) is 3.41. The Kier molecular flexibility index (Phi) is 3.88. The number of hydrogen-bond acceptors (Lipinski definition) is 4. The van der Waals surface area contributed by atoms with Crippen molar-refractivity contribution in [3.05, 3.63) is 46.8 Å². The predicted octanol–water partition coefficient (Wildman–Crippen LogP) is 2.50. The van der Waals surface area contributed by atoms with E-state index in [9.17, 15) is 4.79 Å². The minimum Gasteiger partial charge on any atom is -0.481 e. The molecule has 18 heavy (non-hydrogen) atoms. The van der Waals surface area contributed by atoms with E-state index in [1.54, 1.807) is 12.1 Å². The molecule has 0 aliphatic heterocycles. The van der Waals surface area contributed by atoms with Gasteiger partial charge in [0.1, 0.15) is 12.0 Å². The smallest absolute Gasteiger partial charge is 0.274 e. The van der Waals surface area contributed by atoms with Crippen LogP contribution in [0.4, 0.5) is 5.69 Å². The zero-order valence-electron chi connectivity index (χ0n) is 9.55. The first-order chi connectivity index (χ1) is 8.69. The molecule has 0 spiro atoms. The van der Waals surface area contributed by atoms with E-state index in [0.717, 1.165) is 4.47 Å². The summed E-state index contributed by atoms with van der Waals surface area (Å²) in [6.07, 6.45) is 1.29. The summed E-state index contributed by atoms with van der Waals surface area (Å²) in [6.45, 7) is 0. The molecular formula is C12H10BrN3O2. The quantitative estimate of drug-likeness (QED) is 0.946. The standard InChI is InChI=1S/C12H10BrN3O2/c1-18-11-6-10(14-7-15-11)12(17)16-9-4-2-8(13)3-5-9/h2-7H,1H3,(H,16,17). The molecule has 0 aliphatic carbocycles. The van der Waals surface area contributed by atoms with Crippen LogP contribution in [-0.4, -0.2) is 23.0 Å². The lowest BCUT2D eigenvalue weighted by Crippen LogP contribution is -2.13. The number of benzene rings is 1. The molecule has 0 saturated carbocycles. The second-order valence-corrected chi connectivity index (χ2v) is 4.32. The zero-order chi connectivity index (χ0) is 13.0. The van der Waals surface area contributed by atoms with Crippen molar-refractivity contribution in [3.8, 4) is 5.88 Å². The summed E-state index contributed by atoms with van der Waals surface area (Å²) < 4.78 is 5.88. The van der Waals surface area contributed by atoms with Crippen LogP contribution >= 0.6 is 15.9 Å². The number of carbonyl (C=O) groups excluding carboxylic acids is 1. The van der Waals surface area contributed by atoms with Crippen LogP contribution in [0.25, 0.3) is 0 Å². The molecular weight excluding hydrogens is 298 g/mol. The fourth-order valence-electron chi connectivity index (χ4n) is 1.30. The normalized spacial score (nSPS) is 9.89. The van der Waals surface area contributed by atoms with Gasteiger partial charge in [0.05, 0.1) is 7.11 Å². The minimum atomic E-state index is -0.307. The molecule has 0 radical (unpaired) electrons. The molecule has 1 N–H and O–H groups in total. The molecule has 2 aromatic rings. The van der Waals surface area contributed by atoms with Gasteiger partial charge < -0.3 is 10.1 Å². The van der Waals surface area contributed by atoms with Crippen molar-refractivity contribution in [2.45, 2.75) is 0 Å². The number of nitrogens with one attached hydrogen (secondary N) is 1. The van der Waals surface area contributed by atoms with Gasteiger partial charge in [-0.3, -0.25) is 4.79 Å². The molecule has 1 amide bonds. The number of hydrogen-bond donors (Lipinski definition) is 1. The van der Waals surface area contributed by atoms with Crippen molar-refractivity contribution < 1.29 is 9.53 Å². The summed E-state index contributed by atoms with van der Waals surface area (Å²) in [5.41, 5.74) is 0.950. The predicted molar refractivity (Wildman–Crippen MR) is 70.7 cm³/mol. The minimum absolute atomic E-state index is 0.254. The average molecular weight is 308 g/mol. The van der Waals surface area contributed by atoms with Gasteiger partial charge in [0, 0.05) is 16.2 Å². The summed E-state index contributed by atoms with van der Waals surface area (Å²) in [5, 5.41) is 2.73. The van der Waals surface area contributed by atoms with Gasteiger partial charge in [-0.15, -0.1) is 0 Å². The van der Waals surface area contributed by atoms with E-state index in [0.29, 0.717) is 11.6 Å². The second kappa shape index (κ2) is 5.59. The van der Waals surface area contributed by atoms with Gasteiger partial charge in [0.2, 0.25) is 5.88 Å². The van der Waals surface area contributed by atoms with Gasteiger partial charge in [0.15, 0.2) is 0 Å². The Morgan fingerprint density at radius 2 is 2.00 bits per heavy atom. The summed E-state index contributed by atoms with van der Waals surface area (Å²) in [5.74, 6) is 0.0454. The highest BCUT2D eigenvalue weighted by molar-refractivity contribution is 9.10. The van der Waals surface area contributed by atoms with Crippen LogP contribution in [0, 0.1) is 0 Å².